The normalized spacial score (nSPS) is 12.7. The number of rotatable bonds is 11. The van der Waals surface area contributed by atoms with Gasteiger partial charge in [-0.15, -0.1) is 0 Å². The molecule has 12 heteroatoms. The van der Waals surface area contributed by atoms with Gasteiger partial charge < -0.3 is 30.4 Å². The molecule has 0 fully saturated rings. The Kier molecular flexibility index (Phi) is 13.9. The average Bonchev–Trinajstić information content (AvgIpc) is 2.85. The number of nitrogens with one attached hydrogen (secondary N) is 2. The summed E-state index contributed by atoms with van der Waals surface area (Å²) in [5, 5.41) is 22.8. The Balaban J connectivity index is 0.000000437. The van der Waals surface area contributed by atoms with Crippen LogP contribution in [0.15, 0.2) is 48.5 Å². The number of carboxylic acids is 2. The van der Waals surface area contributed by atoms with E-state index in [1.54, 1.807) is 6.07 Å². The van der Waals surface area contributed by atoms with Crippen molar-refractivity contribution in [3.63, 3.8) is 0 Å². The van der Waals surface area contributed by atoms with Gasteiger partial charge in [0.15, 0.2) is 0 Å². The van der Waals surface area contributed by atoms with Crippen LogP contribution in [0.5, 0.6) is 0 Å². The first-order valence-electron chi connectivity index (χ1n) is 11.5. The van der Waals surface area contributed by atoms with Crippen LogP contribution in [0.4, 0.5) is 4.79 Å². The zero-order valence-electron chi connectivity index (χ0n) is 21.0. The number of ether oxygens (including phenoxy) is 1. The van der Waals surface area contributed by atoms with Crippen molar-refractivity contribution in [3.8, 4) is 0 Å². The van der Waals surface area contributed by atoms with Crippen molar-refractivity contribution in [2.75, 3.05) is 0 Å². The smallest absolute Gasteiger partial charge is 0.408 e. The molecule has 0 aliphatic heterocycles. The molecule has 2 amide bonds. The van der Waals surface area contributed by atoms with Crippen LogP contribution in [0.3, 0.4) is 0 Å². The third-order valence-corrected chi connectivity index (χ3v) is 5.63. The van der Waals surface area contributed by atoms with E-state index in [1.807, 2.05) is 44.2 Å². The summed E-state index contributed by atoms with van der Waals surface area (Å²) in [5.74, 6) is -4.13. The Labute approximate surface area is 230 Å². The minimum absolute atomic E-state index is 0.0915. The number of aliphatic carboxylic acids is 2. The predicted octanol–water partition coefficient (Wildman–Crippen LogP) is 4.28. The first-order valence-corrected chi connectivity index (χ1v) is 12.2. The molecule has 0 aliphatic rings. The number of aldehydes is 1. The van der Waals surface area contributed by atoms with Gasteiger partial charge in [0.05, 0.1) is 0 Å². The first kappa shape index (κ1) is 32.4. The SMILES string of the molecule is CC(C)C[C@H](NC(=O)OCc1ccccc1)C(=O)N[C@@H](C)C(=O)O.O=CC(C(=O)O)c1c(Cl)cccc1Cl. The molecule has 38 heavy (non-hydrogen) atoms. The molecule has 0 heterocycles. The highest BCUT2D eigenvalue weighted by molar-refractivity contribution is 6.36. The van der Waals surface area contributed by atoms with Crippen molar-refractivity contribution < 1.29 is 38.9 Å². The lowest BCUT2D eigenvalue weighted by molar-refractivity contribution is -0.141. The predicted molar refractivity (Wildman–Crippen MR) is 141 cm³/mol. The van der Waals surface area contributed by atoms with Crippen molar-refractivity contribution in [1.29, 1.82) is 0 Å². The third-order valence-electron chi connectivity index (χ3n) is 4.97. The summed E-state index contributed by atoms with van der Waals surface area (Å²) < 4.78 is 5.10. The molecular weight excluding hydrogens is 539 g/mol. The van der Waals surface area contributed by atoms with Crippen LogP contribution in [0, 0.1) is 5.92 Å². The molecule has 4 N–H and O–H groups in total. The minimum Gasteiger partial charge on any atom is -0.480 e. The van der Waals surface area contributed by atoms with Crippen LogP contribution in [0.2, 0.25) is 10.0 Å². The fourth-order valence-corrected chi connectivity index (χ4v) is 3.68. The van der Waals surface area contributed by atoms with Gasteiger partial charge in [-0.1, -0.05) is 73.4 Å². The van der Waals surface area contributed by atoms with Gasteiger partial charge in [-0.25, -0.2) is 4.79 Å². The van der Waals surface area contributed by atoms with Gasteiger partial charge in [-0.3, -0.25) is 14.4 Å². The van der Waals surface area contributed by atoms with Crippen molar-refractivity contribution in [1.82, 2.24) is 10.6 Å². The summed E-state index contributed by atoms with van der Waals surface area (Å²) in [5.41, 5.74) is 0.968. The van der Waals surface area contributed by atoms with Crippen LogP contribution in [0.25, 0.3) is 0 Å². The molecule has 2 aromatic carbocycles. The molecule has 3 atom stereocenters. The maximum absolute atomic E-state index is 12.2. The zero-order chi connectivity index (χ0) is 28.8. The summed E-state index contributed by atoms with van der Waals surface area (Å²) in [7, 11) is 0. The van der Waals surface area contributed by atoms with E-state index in [0.717, 1.165) is 5.56 Å². The Hall–Kier alpha value is -3.63. The van der Waals surface area contributed by atoms with Crippen LogP contribution >= 0.6 is 23.2 Å². The zero-order valence-corrected chi connectivity index (χ0v) is 22.5. The second-order valence-corrected chi connectivity index (χ2v) is 9.36. The third kappa shape index (κ3) is 11.2. The quantitative estimate of drug-likeness (QED) is 0.231. The Morgan fingerprint density at radius 3 is 1.95 bits per heavy atom. The molecule has 0 spiro atoms. The lowest BCUT2D eigenvalue weighted by Gasteiger charge is -2.21. The van der Waals surface area contributed by atoms with Crippen LogP contribution < -0.4 is 10.6 Å². The topological polar surface area (TPSA) is 159 Å². The number of halogens is 2. The molecule has 0 bridgehead atoms. The van der Waals surface area contributed by atoms with E-state index in [2.05, 4.69) is 10.6 Å². The molecule has 0 saturated carbocycles. The number of hydrogen-bond donors (Lipinski definition) is 4. The highest BCUT2D eigenvalue weighted by Crippen LogP contribution is 2.30. The highest BCUT2D eigenvalue weighted by Gasteiger charge is 2.26. The number of benzene rings is 2. The van der Waals surface area contributed by atoms with Crippen molar-refractivity contribution in [2.45, 2.75) is 51.8 Å². The van der Waals surface area contributed by atoms with Gasteiger partial charge in [0, 0.05) is 15.6 Å². The molecule has 0 radical (unpaired) electrons. The van der Waals surface area contributed by atoms with Crippen molar-refractivity contribution in [2.24, 2.45) is 5.92 Å². The molecule has 0 aliphatic carbocycles. The first-order chi connectivity index (χ1) is 17.9. The fraction of sp³-hybridized carbons (Fsp3) is 0.346. The van der Waals surface area contributed by atoms with Crippen LogP contribution in [-0.2, 0) is 30.5 Å². The van der Waals surface area contributed by atoms with E-state index in [-0.39, 0.29) is 28.1 Å². The van der Waals surface area contributed by atoms with E-state index in [0.29, 0.717) is 12.7 Å². The molecule has 2 aromatic rings. The van der Waals surface area contributed by atoms with Gasteiger partial charge in [-0.2, -0.15) is 0 Å². The molecule has 206 valence electrons. The van der Waals surface area contributed by atoms with Crippen LogP contribution in [-0.4, -0.2) is 52.5 Å². The van der Waals surface area contributed by atoms with E-state index < -0.39 is 41.9 Å². The largest absolute Gasteiger partial charge is 0.480 e. The summed E-state index contributed by atoms with van der Waals surface area (Å²) in [6, 6.07) is 11.8. The summed E-state index contributed by atoms with van der Waals surface area (Å²) in [6.07, 6.45) is -0.0451. The van der Waals surface area contributed by atoms with Gasteiger partial charge >= 0.3 is 18.0 Å². The number of alkyl carbamates (subject to hydrolysis) is 1. The fourth-order valence-electron chi connectivity index (χ4n) is 3.04. The van der Waals surface area contributed by atoms with E-state index in [9.17, 15) is 24.0 Å². The monoisotopic (exact) mass is 568 g/mol. The molecule has 2 rings (SSSR count). The standard InChI is InChI=1S/C17H24N2O5.C9H6Cl2O3/c1-11(2)9-14(15(20)18-12(3)16(21)22)19-17(23)24-10-13-7-5-4-6-8-13;10-6-2-1-3-7(11)8(6)5(4-12)9(13)14/h4-8,11-12,14H,9-10H2,1-3H3,(H,18,20)(H,19,23)(H,21,22);1-5H,(H,13,14)/t12-,14-;/m0./s1. The average molecular weight is 569 g/mol. The number of amides is 2. The van der Waals surface area contributed by atoms with Gasteiger partial charge in [0.25, 0.3) is 0 Å². The van der Waals surface area contributed by atoms with E-state index in [1.165, 1.54) is 19.1 Å². The maximum atomic E-state index is 12.2. The summed E-state index contributed by atoms with van der Waals surface area (Å²) in [4.78, 5) is 56.1. The lowest BCUT2D eigenvalue weighted by Crippen LogP contribution is -2.51. The van der Waals surface area contributed by atoms with Crippen LogP contribution in [0.1, 0.15) is 44.2 Å². The number of carboxylic acid groups (broad SMARTS) is 2. The Morgan fingerprint density at radius 1 is 0.895 bits per heavy atom. The van der Waals surface area contributed by atoms with Crippen molar-refractivity contribution >= 4 is 53.4 Å². The van der Waals surface area contributed by atoms with E-state index >= 15 is 0 Å². The minimum atomic E-state index is -1.31. The summed E-state index contributed by atoms with van der Waals surface area (Å²) >= 11 is 11.5. The lowest BCUT2D eigenvalue weighted by atomic mass is 10.0. The molecule has 1 unspecified atom stereocenters. The highest BCUT2D eigenvalue weighted by atomic mass is 35.5. The molecular formula is C26H30Cl2N2O8. The maximum Gasteiger partial charge on any atom is 0.408 e. The second kappa shape index (κ2) is 16.3. The van der Waals surface area contributed by atoms with Crippen molar-refractivity contribution in [3.05, 3.63) is 69.7 Å². The molecule has 0 aromatic heterocycles. The van der Waals surface area contributed by atoms with Gasteiger partial charge in [0.1, 0.15) is 30.9 Å². The Bertz CT molecular complexity index is 1090. The number of carbonyl (C=O) groups excluding carboxylic acids is 3. The Morgan fingerprint density at radius 2 is 1.47 bits per heavy atom. The number of hydrogen-bond acceptors (Lipinski definition) is 6. The number of carbonyl (C=O) groups is 5. The van der Waals surface area contributed by atoms with Gasteiger partial charge in [-0.05, 0) is 37.0 Å². The second-order valence-electron chi connectivity index (χ2n) is 8.54. The van der Waals surface area contributed by atoms with Gasteiger partial charge in [0.2, 0.25) is 5.91 Å². The molecule has 0 saturated heterocycles. The van der Waals surface area contributed by atoms with E-state index in [4.69, 9.17) is 38.2 Å². The molecule has 10 nitrogen and oxygen atoms in total. The summed E-state index contributed by atoms with van der Waals surface area (Å²) in [6.45, 7) is 5.25.